The fraction of sp³-hybridized carbons (Fsp3) is 0.143. The van der Waals surface area contributed by atoms with Crippen molar-refractivity contribution in [1.29, 1.82) is 0 Å². The molecule has 0 aliphatic rings. The third-order valence-electron chi connectivity index (χ3n) is 2.58. The van der Waals surface area contributed by atoms with Gasteiger partial charge < -0.3 is 4.74 Å². The molecule has 106 valence electrons. The van der Waals surface area contributed by atoms with Gasteiger partial charge in [-0.2, -0.15) is 0 Å². The van der Waals surface area contributed by atoms with Gasteiger partial charge in [0, 0.05) is 5.33 Å². The van der Waals surface area contributed by atoms with Crippen molar-refractivity contribution in [3.63, 3.8) is 0 Å². The summed E-state index contributed by atoms with van der Waals surface area (Å²) in [5, 5.41) is 1.86. The van der Waals surface area contributed by atoms with E-state index in [0.717, 1.165) is 31.2 Å². The second-order valence-electron chi connectivity index (χ2n) is 4.06. The average Bonchev–Trinajstić information content (AvgIpc) is 2.41. The summed E-state index contributed by atoms with van der Waals surface area (Å²) >= 11 is 22.3. The van der Waals surface area contributed by atoms with E-state index in [2.05, 4.69) is 47.8 Å². The van der Waals surface area contributed by atoms with Crippen molar-refractivity contribution in [2.24, 2.45) is 0 Å². The van der Waals surface area contributed by atoms with Crippen molar-refractivity contribution in [2.45, 2.75) is 11.9 Å². The predicted molar refractivity (Wildman–Crippen MR) is 95.3 cm³/mol. The highest BCUT2D eigenvalue weighted by atomic mass is 79.9. The lowest BCUT2D eigenvalue weighted by molar-refractivity contribution is 0.302. The molecule has 0 unspecified atom stereocenters. The highest BCUT2D eigenvalue weighted by molar-refractivity contribution is 9.11. The van der Waals surface area contributed by atoms with Crippen LogP contribution >= 0.6 is 71.0 Å². The van der Waals surface area contributed by atoms with Gasteiger partial charge in [-0.1, -0.05) is 45.2 Å². The molecule has 0 aromatic heterocycles. The van der Waals surface area contributed by atoms with Crippen LogP contribution in [0.15, 0.2) is 39.3 Å². The second kappa shape index (κ2) is 7.50. The monoisotopic (exact) mass is 500 g/mol. The Bertz CT molecular complexity index is 609. The van der Waals surface area contributed by atoms with E-state index in [1.165, 1.54) is 0 Å². The van der Waals surface area contributed by atoms with Crippen LogP contribution < -0.4 is 4.74 Å². The van der Waals surface area contributed by atoms with Crippen LogP contribution in [0.4, 0.5) is 0 Å². The van der Waals surface area contributed by atoms with Crippen LogP contribution in [-0.2, 0) is 11.9 Å². The molecule has 0 aliphatic heterocycles. The summed E-state index contributed by atoms with van der Waals surface area (Å²) in [5.74, 6) is 0.765. The van der Waals surface area contributed by atoms with Crippen molar-refractivity contribution in [3.05, 3.63) is 60.4 Å². The Kier molecular flexibility index (Phi) is 6.24. The van der Waals surface area contributed by atoms with E-state index in [0.29, 0.717) is 16.7 Å². The Hall–Kier alpha value is 0.260. The third-order valence-corrected chi connectivity index (χ3v) is 5.14. The van der Waals surface area contributed by atoms with E-state index < -0.39 is 0 Å². The van der Waals surface area contributed by atoms with Gasteiger partial charge in [-0.15, -0.1) is 0 Å². The summed E-state index contributed by atoms with van der Waals surface area (Å²) in [6.45, 7) is 0.418. The molecule has 2 aromatic carbocycles. The summed E-state index contributed by atoms with van der Waals surface area (Å²) in [4.78, 5) is 0. The first-order valence-electron chi connectivity index (χ1n) is 5.62. The maximum Gasteiger partial charge on any atom is 0.148 e. The van der Waals surface area contributed by atoms with Gasteiger partial charge in [0.05, 0.1) is 19.0 Å². The molecule has 0 saturated heterocycles. The topological polar surface area (TPSA) is 9.23 Å². The summed E-state index contributed by atoms with van der Waals surface area (Å²) in [6.07, 6.45) is 0. The number of alkyl halides is 1. The summed E-state index contributed by atoms with van der Waals surface area (Å²) in [6, 6.07) is 9.50. The van der Waals surface area contributed by atoms with Crippen molar-refractivity contribution < 1.29 is 4.74 Å². The average molecular weight is 504 g/mol. The fourth-order valence-corrected chi connectivity index (χ4v) is 3.77. The molecule has 1 nitrogen and oxygen atoms in total. The molecule has 0 bridgehead atoms. The zero-order valence-corrected chi connectivity index (χ0v) is 16.4. The zero-order chi connectivity index (χ0) is 14.7. The van der Waals surface area contributed by atoms with Gasteiger partial charge in [-0.25, -0.2) is 0 Å². The van der Waals surface area contributed by atoms with Gasteiger partial charge in [0.25, 0.3) is 0 Å². The molecule has 2 rings (SSSR count). The van der Waals surface area contributed by atoms with Crippen LogP contribution in [0.5, 0.6) is 5.75 Å². The van der Waals surface area contributed by atoms with E-state index in [4.69, 9.17) is 27.9 Å². The Morgan fingerprint density at radius 2 is 1.55 bits per heavy atom. The van der Waals surface area contributed by atoms with E-state index in [1.807, 2.05) is 18.2 Å². The molecule has 0 heterocycles. The van der Waals surface area contributed by atoms with Gasteiger partial charge in [0.2, 0.25) is 0 Å². The lowest BCUT2D eigenvalue weighted by Gasteiger charge is -2.12. The standard InChI is InChI=1S/C14H9Br3Cl2O/c15-6-9-3-10(16)14(11(17)4-9)20-7-8-1-2-12(18)13(19)5-8/h1-5H,6-7H2. The fourth-order valence-electron chi connectivity index (χ4n) is 1.61. The highest BCUT2D eigenvalue weighted by Gasteiger charge is 2.09. The minimum atomic E-state index is 0.418. The molecule has 0 amide bonds. The van der Waals surface area contributed by atoms with E-state index in [1.54, 1.807) is 12.1 Å². The van der Waals surface area contributed by atoms with Crippen LogP contribution in [0, 0.1) is 0 Å². The van der Waals surface area contributed by atoms with Crippen LogP contribution in [0.2, 0.25) is 10.0 Å². The second-order valence-corrected chi connectivity index (χ2v) is 7.14. The molecule has 0 radical (unpaired) electrons. The zero-order valence-electron chi connectivity index (χ0n) is 10.1. The number of hydrogen-bond donors (Lipinski definition) is 0. The molecule has 0 atom stereocenters. The van der Waals surface area contributed by atoms with Gasteiger partial charge in [0.1, 0.15) is 12.4 Å². The van der Waals surface area contributed by atoms with Gasteiger partial charge in [-0.3, -0.25) is 0 Å². The number of benzene rings is 2. The Labute approximate surface area is 153 Å². The van der Waals surface area contributed by atoms with Crippen molar-refractivity contribution >= 4 is 71.0 Å². The smallest absolute Gasteiger partial charge is 0.148 e. The van der Waals surface area contributed by atoms with Crippen molar-refractivity contribution in [3.8, 4) is 5.75 Å². The van der Waals surface area contributed by atoms with Gasteiger partial charge >= 0.3 is 0 Å². The van der Waals surface area contributed by atoms with Gasteiger partial charge in [0.15, 0.2) is 0 Å². The first kappa shape index (κ1) is 16.6. The molecule has 2 aromatic rings. The lowest BCUT2D eigenvalue weighted by Crippen LogP contribution is -1.97. The first-order valence-corrected chi connectivity index (χ1v) is 9.08. The predicted octanol–water partition coefficient (Wildman–Crippen LogP) is 6.99. The minimum absolute atomic E-state index is 0.418. The van der Waals surface area contributed by atoms with Crippen molar-refractivity contribution in [1.82, 2.24) is 0 Å². The van der Waals surface area contributed by atoms with Crippen LogP contribution in [0.1, 0.15) is 11.1 Å². The SMILES string of the molecule is Clc1ccc(COc2c(Br)cc(CBr)cc2Br)cc1Cl. The number of rotatable bonds is 4. The maximum absolute atomic E-state index is 5.99. The molecule has 0 fully saturated rings. The Morgan fingerprint density at radius 1 is 0.900 bits per heavy atom. The van der Waals surface area contributed by atoms with E-state index >= 15 is 0 Å². The number of hydrogen-bond acceptors (Lipinski definition) is 1. The molecule has 6 heteroatoms. The first-order chi connectivity index (χ1) is 9.51. The van der Waals surface area contributed by atoms with Gasteiger partial charge in [-0.05, 0) is 67.3 Å². The maximum atomic E-state index is 5.99. The number of halogens is 5. The minimum Gasteiger partial charge on any atom is -0.487 e. The Balaban J connectivity index is 2.16. The quantitative estimate of drug-likeness (QED) is 0.409. The van der Waals surface area contributed by atoms with Crippen LogP contribution in [-0.4, -0.2) is 0 Å². The molecular weight excluding hydrogens is 495 g/mol. The summed E-state index contributed by atoms with van der Waals surface area (Å²) in [5.41, 5.74) is 2.12. The number of ether oxygens (including phenoxy) is 1. The molecule has 0 aliphatic carbocycles. The lowest BCUT2D eigenvalue weighted by atomic mass is 10.2. The molecule has 20 heavy (non-hydrogen) atoms. The summed E-state index contributed by atoms with van der Waals surface area (Å²) in [7, 11) is 0. The van der Waals surface area contributed by atoms with E-state index in [9.17, 15) is 0 Å². The highest BCUT2D eigenvalue weighted by Crippen LogP contribution is 2.36. The Morgan fingerprint density at radius 3 is 2.10 bits per heavy atom. The molecule has 0 spiro atoms. The normalized spacial score (nSPS) is 10.7. The molecule has 0 saturated carbocycles. The largest absolute Gasteiger partial charge is 0.487 e. The van der Waals surface area contributed by atoms with E-state index in [-0.39, 0.29) is 0 Å². The van der Waals surface area contributed by atoms with Crippen LogP contribution in [0.3, 0.4) is 0 Å². The van der Waals surface area contributed by atoms with Crippen LogP contribution in [0.25, 0.3) is 0 Å². The van der Waals surface area contributed by atoms with Crippen molar-refractivity contribution in [2.75, 3.05) is 0 Å². The molecule has 0 N–H and O–H groups in total. The third kappa shape index (κ3) is 4.14. The molecular formula is C14H9Br3Cl2O. The summed E-state index contributed by atoms with van der Waals surface area (Å²) < 4.78 is 7.65.